The maximum atomic E-state index is 11.8. The molecular formula is C12H18O2. The fourth-order valence-electron chi connectivity index (χ4n) is 3.05. The van der Waals surface area contributed by atoms with E-state index in [2.05, 4.69) is 0 Å². The van der Waals surface area contributed by atoms with Gasteiger partial charge in [0.2, 0.25) is 0 Å². The lowest BCUT2D eigenvalue weighted by Crippen LogP contribution is -2.34. The third-order valence-corrected chi connectivity index (χ3v) is 4.07. The molecule has 2 aliphatic rings. The minimum absolute atomic E-state index is 0.0512. The van der Waals surface area contributed by atoms with Crippen LogP contribution in [0.3, 0.4) is 0 Å². The molecule has 2 nitrogen and oxygen atoms in total. The zero-order chi connectivity index (χ0) is 10.2. The molecule has 0 amide bonds. The summed E-state index contributed by atoms with van der Waals surface area (Å²) in [5.41, 5.74) is -0.294. The molecule has 0 saturated heterocycles. The molecule has 2 saturated carbocycles. The number of carbonyl (C=O) groups is 2. The van der Waals surface area contributed by atoms with Gasteiger partial charge in [0.15, 0.2) is 0 Å². The molecular weight excluding hydrogens is 176 g/mol. The van der Waals surface area contributed by atoms with Crippen LogP contribution in [0.2, 0.25) is 0 Å². The lowest BCUT2D eigenvalue weighted by atomic mass is 9.71. The lowest BCUT2D eigenvalue weighted by molar-refractivity contribution is -0.134. The fourth-order valence-corrected chi connectivity index (χ4v) is 3.05. The van der Waals surface area contributed by atoms with Gasteiger partial charge in [-0.2, -0.15) is 0 Å². The number of ketones is 2. The van der Waals surface area contributed by atoms with Crippen molar-refractivity contribution in [2.45, 2.75) is 51.9 Å². The lowest BCUT2D eigenvalue weighted by Gasteiger charge is -2.30. The van der Waals surface area contributed by atoms with Crippen molar-refractivity contribution in [1.29, 1.82) is 0 Å². The SMILES string of the molecule is C[C@@]12CCCCCC(=O)[C@@H]1CCC2=O. The maximum absolute atomic E-state index is 11.8. The Bertz CT molecular complexity index is 269. The third-order valence-electron chi connectivity index (χ3n) is 4.07. The van der Waals surface area contributed by atoms with Gasteiger partial charge in [-0.25, -0.2) is 0 Å². The second kappa shape index (κ2) is 3.48. The highest BCUT2D eigenvalue weighted by Gasteiger charge is 2.48. The maximum Gasteiger partial charge on any atom is 0.139 e. The molecule has 14 heavy (non-hydrogen) atoms. The van der Waals surface area contributed by atoms with Gasteiger partial charge in [-0.1, -0.05) is 19.8 Å². The van der Waals surface area contributed by atoms with E-state index in [0.29, 0.717) is 24.4 Å². The summed E-state index contributed by atoms with van der Waals surface area (Å²) in [5, 5.41) is 0. The number of Topliss-reactive ketones (excluding diaryl/α,β-unsaturated/α-hetero) is 2. The van der Waals surface area contributed by atoms with E-state index in [1.165, 1.54) is 0 Å². The van der Waals surface area contributed by atoms with E-state index in [9.17, 15) is 9.59 Å². The summed E-state index contributed by atoms with van der Waals surface area (Å²) >= 11 is 0. The quantitative estimate of drug-likeness (QED) is 0.593. The summed E-state index contributed by atoms with van der Waals surface area (Å²) in [6, 6.07) is 0. The molecule has 2 atom stereocenters. The smallest absolute Gasteiger partial charge is 0.139 e. The van der Waals surface area contributed by atoms with Crippen LogP contribution in [-0.2, 0) is 9.59 Å². The first-order valence-electron chi connectivity index (χ1n) is 5.70. The van der Waals surface area contributed by atoms with Gasteiger partial charge in [-0.15, -0.1) is 0 Å². The van der Waals surface area contributed by atoms with Gasteiger partial charge in [-0.05, 0) is 19.3 Å². The van der Waals surface area contributed by atoms with Crippen molar-refractivity contribution in [1.82, 2.24) is 0 Å². The summed E-state index contributed by atoms with van der Waals surface area (Å²) in [6.07, 6.45) is 6.34. The number of carbonyl (C=O) groups excluding carboxylic acids is 2. The van der Waals surface area contributed by atoms with Gasteiger partial charge in [0.05, 0.1) is 0 Å². The molecule has 2 aliphatic carbocycles. The van der Waals surface area contributed by atoms with E-state index in [1.807, 2.05) is 6.92 Å². The molecule has 0 aromatic heterocycles. The molecule has 78 valence electrons. The Morgan fingerprint density at radius 2 is 1.93 bits per heavy atom. The van der Waals surface area contributed by atoms with Crippen LogP contribution in [0.25, 0.3) is 0 Å². The summed E-state index contributed by atoms with van der Waals surface area (Å²) in [4.78, 5) is 23.6. The van der Waals surface area contributed by atoms with Gasteiger partial charge in [0, 0.05) is 24.2 Å². The molecule has 0 aromatic carbocycles. The highest BCUT2D eigenvalue weighted by atomic mass is 16.1. The van der Waals surface area contributed by atoms with Crippen molar-refractivity contribution in [3.8, 4) is 0 Å². The Hall–Kier alpha value is -0.660. The van der Waals surface area contributed by atoms with Gasteiger partial charge in [0.1, 0.15) is 11.6 Å². The molecule has 0 unspecified atom stereocenters. The normalized spacial score (nSPS) is 39.1. The van der Waals surface area contributed by atoms with E-state index in [0.717, 1.165) is 32.1 Å². The van der Waals surface area contributed by atoms with Crippen LogP contribution in [0, 0.1) is 11.3 Å². The minimum Gasteiger partial charge on any atom is -0.299 e. The molecule has 2 heteroatoms. The van der Waals surface area contributed by atoms with E-state index in [4.69, 9.17) is 0 Å². The van der Waals surface area contributed by atoms with Crippen LogP contribution in [0.1, 0.15) is 51.9 Å². The zero-order valence-electron chi connectivity index (χ0n) is 8.84. The van der Waals surface area contributed by atoms with E-state index < -0.39 is 0 Å². The van der Waals surface area contributed by atoms with Crippen LogP contribution in [-0.4, -0.2) is 11.6 Å². The predicted molar refractivity (Wildman–Crippen MR) is 53.9 cm³/mol. The molecule has 0 heterocycles. The fraction of sp³-hybridized carbons (Fsp3) is 0.833. The first kappa shape index (κ1) is 9.88. The van der Waals surface area contributed by atoms with Crippen LogP contribution in [0.5, 0.6) is 0 Å². The second-order valence-electron chi connectivity index (χ2n) is 4.96. The number of hydrogen-bond donors (Lipinski definition) is 0. The number of hydrogen-bond acceptors (Lipinski definition) is 2. The van der Waals surface area contributed by atoms with Gasteiger partial charge >= 0.3 is 0 Å². The average molecular weight is 194 g/mol. The van der Waals surface area contributed by atoms with E-state index >= 15 is 0 Å². The monoisotopic (exact) mass is 194 g/mol. The first-order valence-corrected chi connectivity index (χ1v) is 5.70. The van der Waals surface area contributed by atoms with Crippen molar-refractivity contribution in [2.75, 3.05) is 0 Å². The Morgan fingerprint density at radius 1 is 1.14 bits per heavy atom. The summed E-state index contributed by atoms with van der Waals surface area (Å²) in [6.45, 7) is 2.01. The Kier molecular flexibility index (Phi) is 2.46. The molecule has 0 spiro atoms. The van der Waals surface area contributed by atoms with Crippen molar-refractivity contribution in [3.05, 3.63) is 0 Å². The molecule has 0 radical (unpaired) electrons. The van der Waals surface area contributed by atoms with Gasteiger partial charge < -0.3 is 0 Å². The zero-order valence-corrected chi connectivity index (χ0v) is 8.84. The molecule has 0 aromatic rings. The highest BCUT2D eigenvalue weighted by Crippen LogP contribution is 2.46. The summed E-state index contributed by atoms with van der Waals surface area (Å²) in [5.74, 6) is 0.728. The number of fused-ring (bicyclic) bond motifs is 1. The summed E-state index contributed by atoms with van der Waals surface area (Å²) < 4.78 is 0. The Labute approximate surface area is 85.1 Å². The third kappa shape index (κ3) is 1.41. The highest BCUT2D eigenvalue weighted by molar-refractivity contribution is 5.95. The van der Waals surface area contributed by atoms with Gasteiger partial charge in [0.25, 0.3) is 0 Å². The molecule has 2 fully saturated rings. The number of rotatable bonds is 0. The topological polar surface area (TPSA) is 34.1 Å². The van der Waals surface area contributed by atoms with Crippen LogP contribution in [0.15, 0.2) is 0 Å². The predicted octanol–water partition coefficient (Wildman–Crippen LogP) is 2.51. The van der Waals surface area contributed by atoms with Crippen molar-refractivity contribution in [2.24, 2.45) is 11.3 Å². The standard InChI is InChI=1S/C12H18O2/c1-12-8-4-2-3-5-10(13)9(12)6-7-11(12)14/h9H,2-8H2,1H3/t9-,12+/m0/s1. The first-order chi connectivity index (χ1) is 6.64. The van der Waals surface area contributed by atoms with E-state index in [-0.39, 0.29) is 11.3 Å². The average Bonchev–Trinajstić information content (AvgIpc) is 2.41. The van der Waals surface area contributed by atoms with Crippen LogP contribution < -0.4 is 0 Å². The van der Waals surface area contributed by atoms with Crippen molar-refractivity contribution < 1.29 is 9.59 Å². The second-order valence-corrected chi connectivity index (χ2v) is 4.96. The van der Waals surface area contributed by atoms with Gasteiger partial charge in [-0.3, -0.25) is 9.59 Å². The summed E-state index contributed by atoms with van der Waals surface area (Å²) in [7, 11) is 0. The Morgan fingerprint density at radius 3 is 2.71 bits per heavy atom. The van der Waals surface area contributed by atoms with Crippen LogP contribution in [0.4, 0.5) is 0 Å². The van der Waals surface area contributed by atoms with Crippen molar-refractivity contribution in [3.63, 3.8) is 0 Å². The van der Waals surface area contributed by atoms with E-state index in [1.54, 1.807) is 0 Å². The minimum atomic E-state index is -0.294. The van der Waals surface area contributed by atoms with Crippen molar-refractivity contribution >= 4 is 11.6 Å². The molecule has 0 aliphatic heterocycles. The molecule has 0 N–H and O–H groups in total. The van der Waals surface area contributed by atoms with Crippen LogP contribution >= 0.6 is 0 Å². The molecule has 2 rings (SSSR count). The largest absolute Gasteiger partial charge is 0.299 e. The Balaban J connectivity index is 2.25. The molecule has 0 bridgehead atoms.